The van der Waals surface area contributed by atoms with Gasteiger partial charge in [-0.05, 0) is 43.9 Å². The van der Waals surface area contributed by atoms with Gasteiger partial charge in [0.05, 0.1) is 23.2 Å². The molecule has 1 saturated carbocycles. The van der Waals surface area contributed by atoms with Gasteiger partial charge in [0, 0.05) is 24.9 Å². The lowest BCUT2D eigenvalue weighted by atomic mass is 9.86. The molecule has 1 aromatic heterocycles. The van der Waals surface area contributed by atoms with Gasteiger partial charge in [0.15, 0.2) is 0 Å². The van der Waals surface area contributed by atoms with Crippen LogP contribution in [0.25, 0.3) is 10.9 Å². The topological polar surface area (TPSA) is 113 Å². The van der Waals surface area contributed by atoms with Gasteiger partial charge in [-0.25, -0.2) is 9.97 Å². The molecule has 4 rings (SSSR count). The fourth-order valence-corrected chi connectivity index (χ4v) is 4.65. The van der Waals surface area contributed by atoms with Gasteiger partial charge in [-0.2, -0.15) is 13.2 Å². The molecule has 1 aliphatic carbocycles. The normalized spacial score (nSPS) is 26.4. The van der Waals surface area contributed by atoms with Crippen LogP contribution in [0, 0.1) is 0 Å². The van der Waals surface area contributed by atoms with Gasteiger partial charge >= 0.3 is 6.18 Å². The van der Waals surface area contributed by atoms with Gasteiger partial charge in [0.1, 0.15) is 18.2 Å². The van der Waals surface area contributed by atoms with Gasteiger partial charge in [-0.3, -0.25) is 9.59 Å². The summed E-state index contributed by atoms with van der Waals surface area (Å²) in [4.78, 5) is 34.7. The largest absolute Gasteiger partial charge is 0.416 e. The van der Waals surface area contributed by atoms with E-state index >= 15 is 0 Å². The van der Waals surface area contributed by atoms with Crippen molar-refractivity contribution in [3.8, 4) is 0 Å². The van der Waals surface area contributed by atoms with Crippen LogP contribution in [0.15, 0.2) is 24.5 Å². The lowest BCUT2D eigenvalue weighted by molar-refractivity contribution is -0.137. The zero-order valence-corrected chi connectivity index (χ0v) is 17.5. The fraction of sp³-hybridized carbons (Fsp3) is 0.524. The van der Waals surface area contributed by atoms with Crippen molar-refractivity contribution < 1.29 is 22.8 Å². The third-order valence-electron chi connectivity index (χ3n) is 6.16. The molecule has 1 aromatic carbocycles. The molecule has 2 amide bonds. The number of anilines is 1. The number of nitrogens with one attached hydrogen (secondary N) is 2. The number of nitrogens with zero attached hydrogens (tertiary/aromatic N) is 3. The van der Waals surface area contributed by atoms with E-state index in [2.05, 4.69) is 20.6 Å². The van der Waals surface area contributed by atoms with Crippen LogP contribution >= 0.6 is 0 Å². The molecule has 3 unspecified atom stereocenters. The van der Waals surface area contributed by atoms with Crippen molar-refractivity contribution in [2.75, 3.05) is 11.9 Å². The zero-order valence-electron chi connectivity index (χ0n) is 17.5. The first kappa shape index (κ1) is 22.3. The molecule has 172 valence electrons. The summed E-state index contributed by atoms with van der Waals surface area (Å²) in [5.74, 6) is -0.159. The first-order valence-electron chi connectivity index (χ1n) is 10.5. The number of hydrogen-bond donors (Lipinski definition) is 3. The van der Waals surface area contributed by atoms with E-state index < -0.39 is 17.8 Å². The van der Waals surface area contributed by atoms with E-state index in [9.17, 15) is 22.8 Å². The molecule has 1 saturated heterocycles. The highest BCUT2D eigenvalue weighted by atomic mass is 19.4. The SMILES string of the molecule is CC(=O)NC1CC(N)CCC1N1CC[C@H](Nc2ncnc3ccc(C(F)(F)F)cc23)C1=O. The molecule has 1 aliphatic heterocycles. The number of hydrogen-bond acceptors (Lipinski definition) is 6. The molecule has 0 spiro atoms. The van der Waals surface area contributed by atoms with Crippen molar-refractivity contribution in [2.24, 2.45) is 5.73 Å². The van der Waals surface area contributed by atoms with Gasteiger partial charge in [0.25, 0.3) is 0 Å². The maximum absolute atomic E-state index is 13.2. The number of benzene rings is 1. The zero-order chi connectivity index (χ0) is 23.0. The maximum atomic E-state index is 13.2. The Bertz CT molecular complexity index is 1030. The van der Waals surface area contributed by atoms with Crippen LogP contribution < -0.4 is 16.4 Å². The Morgan fingerprint density at radius 1 is 1.22 bits per heavy atom. The van der Waals surface area contributed by atoms with Crippen LogP contribution in [0.5, 0.6) is 0 Å². The first-order chi connectivity index (χ1) is 15.1. The standard InChI is InChI=1S/C21H25F3N6O2/c1-11(31)28-17-9-13(25)3-5-18(17)30-7-6-16(20(30)32)29-19-14-8-12(21(22,23)24)2-4-15(14)26-10-27-19/h2,4,8,10,13,16-18H,3,5-7,9,25H2,1H3,(H,28,31)(H,26,27,29)/t13?,16-,17?,18?/m0/s1. The Labute approximate surface area is 182 Å². The van der Waals surface area contributed by atoms with E-state index in [0.29, 0.717) is 31.3 Å². The fourth-order valence-electron chi connectivity index (χ4n) is 4.65. The summed E-state index contributed by atoms with van der Waals surface area (Å²) in [7, 11) is 0. The molecule has 2 aliphatic rings. The highest BCUT2D eigenvalue weighted by Gasteiger charge is 2.41. The van der Waals surface area contributed by atoms with Crippen LogP contribution in [-0.4, -0.2) is 57.4 Å². The summed E-state index contributed by atoms with van der Waals surface area (Å²) in [6, 6.07) is 2.19. The number of likely N-dealkylation sites (tertiary alicyclic amines) is 1. The number of aromatic nitrogens is 2. The van der Waals surface area contributed by atoms with Gasteiger partial charge in [-0.1, -0.05) is 0 Å². The summed E-state index contributed by atoms with van der Waals surface area (Å²) in [6.45, 7) is 1.91. The average molecular weight is 450 g/mol. The molecule has 4 atom stereocenters. The predicted molar refractivity (Wildman–Crippen MR) is 111 cm³/mol. The van der Waals surface area contributed by atoms with E-state index in [0.717, 1.165) is 18.6 Å². The van der Waals surface area contributed by atoms with Crippen LogP contribution in [0.4, 0.5) is 19.0 Å². The van der Waals surface area contributed by atoms with Crippen molar-refractivity contribution in [3.63, 3.8) is 0 Å². The lowest BCUT2D eigenvalue weighted by Gasteiger charge is -2.40. The molecular weight excluding hydrogens is 425 g/mol. The van der Waals surface area contributed by atoms with E-state index in [1.165, 1.54) is 19.3 Å². The molecule has 2 aromatic rings. The highest BCUT2D eigenvalue weighted by Crippen LogP contribution is 2.33. The Kier molecular flexibility index (Phi) is 5.93. The van der Waals surface area contributed by atoms with Crippen LogP contribution in [0.1, 0.15) is 38.2 Å². The van der Waals surface area contributed by atoms with E-state index in [1.807, 2.05) is 0 Å². The summed E-state index contributed by atoms with van der Waals surface area (Å²) in [5.41, 5.74) is 5.61. The van der Waals surface area contributed by atoms with E-state index in [4.69, 9.17) is 5.73 Å². The second-order valence-corrected chi connectivity index (χ2v) is 8.42. The number of carbonyl (C=O) groups is 2. The monoisotopic (exact) mass is 450 g/mol. The van der Waals surface area contributed by atoms with Crippen molar-refractivity contribution in [1.29, 1.82) is 0 Å². The average Bonchev–Trinajstić information content (AvgIpc) is 3.07. The van der Waals surface area contributed by atoms with Crippen molar-refractivity contribution in [2.45, 2.75) is 63.0 Å². The smallest absolute Gasteiger partial charge is 0.358 e. The highest BCUT2D eigenvalue weighted by molar-refractivity contribution is 5.93. The summed E-state index contributed by atoms with van der Waals surface area (Å²) in [6.07, 6.45) is -0.761. The number of halogens is 3. The first-order valence-corrected chi connectivity index (χ1v) is 10.5. The molecular formula is C21H25F3N6O2. The second-order valence-electron chi connectivity index (χ2n) is 8.42. The Morgan fingerprint density at radius 3 is 2.72 bits per heavy atom. The predicted octanol–water partition coefficient (Wildman–Crippen LogP) is 2.05. The number of nitrogens with two attached hydrogens (primary N) is 1. The van der Waals surface area contributed by atoms with Crippen LogP contribution in [0.2, 0.25) is 0 Å². The number of amides is 2. The summed E-state index contributed by atoms with van der Waals surface area (Å²) in [5, 5.41) is 6.13. The van der Waals surface area contributed by atoms with Crippen molar-refractivity contribution in [1.82, 2.24) is 20.2 Å². The van der Waals surface area contributed by atoms with Crippen molar-refractivity contribution >= 4 is 28.5 Å². The molecule has 11 heteroatoms. The van der Waals surface area contributed by atoms with Gasteiger partial charge < -0.3 is 21.3 Å². The Hall–Kier alpha value is -2.95. The molecule has 0 radical (unpaired) electrons. The maximum Gasteiger partial charge on any atom is 0.416 e. The molecule has 2 fully saturated rings. The summed E-state index contributed by atoms with van der Waals surface area (Å²) < 4.78 is 39.5. The Morgan fingerprint density at radius 2 is 2.00 bits per heavy atom. The molecule has 32 heavy (non-hydrogen) atoms. The number of fused-ring (bicyclic) bond motifs is 1. The minimum atomic E-state index is -4.50. The van der Waals surface area contributed by atoms with Crippen molar-refractivity contribution in [3.05, 3.63) is 30.1 Å². The minimum absolute atomic E-state index is 0.0371. The number of carbonyl (C=O) groups excluding carboxylic acids is 2. The van der Waals surface area contributed by atoms with Gasteiger partial charge in [0.2, 0.25) is 11.8 Å². The molecule has 0 bridgehead atoms. The molecule has 8 nitrogen and oxygen atoms in total. The third-order valence-corrected chi connectivity index (χ3v) is 6.16. The minimum Gasteiger partial charge on any atom is -0.358 e. The van der Waals surface area contributed by atoms with Crippen LogP contribution in [0.3, 0.4) is 0 Å². The molecule has 4 N–H and O–H groups in total. The number of rotatable bonds is 4. The summed E-state index contributed by atoms with van der Waals surface area (Å²) >= 11 is 0. The van der Waals surface area contributed by atoms with Gasteiger partial charge in [-0.15, -0.1) is 0 Å². The molecule has 2 heterocycles. The van der Waals surface area contributed by atoms with E-state index in [-0.39, 0.29) is 41.1 Å². The third kappa shape index (κ3) is 4.47. The number of alkyl halides is 3. The Balaban J connectivity index is 1.55. The lowest BCUT2D eigenvalue weighted by Crippen LogP contribution is -2.57. The van der Waals surface area contributed by atoms with Crippen LogP contribution in [-0.2, 0) is 15.8 Å². The quantitative estimate of drug-likeness (QED) is 0.657. The second kappa shape index (κ2) is 8.53. The van der Waals surface area contributed by atoms with E-state index in [1.54, 1.807) is 4.90 Å².